The second-order valence-corrected chi connectivity index (χ2v) is 13.9. The highest BCUT2D eigenvalue weighted by atomic mass is 35.5. The molecule has 2 aromatic carbocycles. The number of carbonyl (C=O) groups is 2. The molecule has 5 aromatic rings. The maximum Gasteiger partial charge on any atom is 0.262 e. The Hall–Kier alpha value is -5.01. The Morgan fingerprint density at radius 1 is 0.792 bits per heavy atom. The van der Waals surface area contributed by atoms with Gasteiger partial charge < -0.3 is 30.7 Å². The molecule has 1 unspecified atom stereocenters. The number of fused-ring (bicyclic) bond motifs is 1. The molecule has 0 radical (unpaired) electrons. The van der Waals surface area contributed by atoms with E-state index in [2.05, 4.69) is 26.3 Å². The van der Waals surface area contributed by atoms with E-state index in [4.69, 9.17) is 37.7 Å². The molecule has 0 spiro atoms. The molecule has 3 aromatic heterocycles. The number of halogens is 2. The molecule has 0 bridgehead atoms. The van der Waals surface area contributed by atoms with Crippen molar-refractivity contribution < 1.29 is 19.1 Å². The fraction of sp³-hybridized carbons (Fsp3) is 0.308. The van der Waals surface area contributed by atoms with Gasteiger partial charge in [0.1, 0.15) is 11.4 Å². The van der Waals surface area contributed by atoms with Crippen LogP contribution in [-0.2, 0) is 22.7 Å². The van der Waals surface area contributed by atoms with Gasteiger partial charge in [0, 0.05) is 96.9 Å². The molecule has 4 N–H and O–H groups in total. The number of benzene rings is 2. The van der Waals surface area contributed by atoms with E-state index in [1.165, 1.54) is 4.40 Å². The van der Waals surface area contributed by atoms with Crippen LogP contribution in [0.4, 0.5) is 0 Å². The van der Waals surface area contributed by atoms with Crippen molar-refractivity contribution in [2.75, 3.05) is 27.3 Å². The Labute approximate surface area is 316 Å². The first-order valence-electron chi connectivity index (χ1n) is 17.4. The number of nitrogens with zero attached hydrogens (tertiary/aromatic N) is 3. The highest BCUT2D eigenvalue weighted by molar-refractivity contribution is 6.39. The zero-order valence-corrected chi connectivity index (χ0v) is 30.8. The van der Waals surface area contributed by atoms with Crippen molar-refractivity contribution in [3.8, 4) is 45.1 Å². The van der Waals surface area contributed by atoms with E-state index in [0.29, 0.717) is 94.3 Å². The van der Waals surface area contributed by atoms with Crippen molar-refractivity contribution in [3.05, 3.63) is 98.5 Å². The molecule has 0 saturated carbocycles. The first kappa shape index (κ1) is 36.4. The second-order valence-electron chi connectivity index (χ2n) is 13.2. The average molecular weight is 757 g/mol. The lowest BCUT2D eigenvalue weighted by Crippen LogP contribution is -2.36. The van der Waals surface area contributed by atoms with Crippen molar-refractivity contribution >= 4 is 40.7 Å². The molecule has 0 aliphatic carbocycles. The number of methoxy groups -OCH3 is 2. The number of nitrogens with one attached hydrogen (secondary N) is 4. The summed E-state index contributed by atoms with van der Waals surface area (Å²) in [6.45, 7) is 2.09. The van der Waals surface area contributed by atoms with Crippen LogP contribution >= 0.6 is 23.2 Å². The molecular weight excluding hydrogens is 717 g/mol. The summed E-state index contributed by atoms with van der Waals surface area (Å²) in [6.07, 6.45) is 5.96. The third-order valence-electron chi connectivity index (χ3n) is 9.65. The summed E-state index contributed by atoms with van der Waals surface area (Å²) >= 11 is 14.3. The molecule has 14 heteroatoms. The summed E-state index contributed by atoms with van der Waals surface area (Å²) in [5.74, 6) is 1.16. The Bertz CT molecular complexity index is 2260. The Morgan fingerprint density at radius 2 is 1.45 bits per heavy atom. The number of pyridine rings is 2. The molecule has 53 heavy (non-hydrogen) atoms. The van der Waals surface area contributed by atoms with Gasteiger partial charge in [0.05, 0.1) is 30.0 Å². The summed E-state index contributed by atoms with van der Waals surface area (Å²) in [4.78, 5) is 45.7. The first-order valence-corrected chi connectivity index (χ1v) is 18.2. The molecule has 274 valence electrons. The number of rotatable bonds is 13. The van der Waals surface area contributed by atoms with Crippen LogP contribution in [0.3, 0.4) is 0 Å². The van der Waals surface area contributed by atoms with Gasteiger partial charge in [-0.25, -0.2) is 9.97 Å². The molecule has 2 aliphatic heterocycles. The quantitative estimate of drug-likeness (QED) is 0.128. The lowest BCUT2D eigenvalue weighted by atomic mass is 9.96. The second kappa shape index (κ2) is 15.9. The Morgan fingerprint density at radius 3 is 2.11 bits per heavy atom. The van der Waals surface area contributed by atoms with Gasteiger partial charge in [-0.2, -0.15) is 0 Å². The van der Waals surface area contributed by atoms with Crippen LogP contribution in [0.25, 0.3) is 39.2 Å². The van der Waals surface area contributed by atoms with Crippen molar-refractivity contribution in [2.24, 2.45) is 0 Å². The monoisotopic (exact) mass is 755 g/mol. The molecule has 2 amide bonds. The van der Waals surface area contributed by atoms with Crippen LogP contribution in [-0.4, -0.2) is 65.6 Å². The minimum absolute atomic E-state index is 0.0558. The molecule has 7 rings (SSSR count). The van der Waals surface area contributed by atoms with Gasteiger partial charge in [-0.05, 0) is 48.7 Å². The fourth-order valence-corrected chi connectivity index (χ4v) is 7.46. The Balaban J connectivity index is 1.14. The summed E-state index contributed by atoms with van der Waals surface area (Å²) in [6, 6.07) is 17.0. The van der Waals surface area contributed by atoms with E-state index >= 15 is 0 Å². The van der Waals surface area contributed by atoms with Gasteiger partial charge in [0.25, 0.3) is 5.56 Å². The van der Waals surface area contributed by atoms with Crippen LogP contribution in [0.1, 0.15) is 36.8 Å². The van der Waals surface area contributed by atoms with Crippen LogP contribution in [0.5, 0.6) is 11.6 Å². The van der Waals surface area contributed by atoms with Crippen LogP contribution in [0.15, 0.2) is 71.8 Å². The zero-order chi connectivity index (χ0) is 37.1. The maximum absolute atomic E-state index is 13.3. The molecule has 2 fully saturated rings. The fourth-order valence-electron chi connectivity index (χ4n) is 6.82. The van der Waals surface area contributed by atoms with E-state index in [1.807, 2.05) is 54.6 Å². The molecular formula is C39H39Cl2N7O5. The van der Waals surface area contributed by atoms with Gasteiger partial charge in [-0.3, -0.25) is 18.8 Å². The summed E-state index contributed by atoms with van der Waals surface area (Å²) in [5.41, 5.74) is 5.78. The molecule has 2 aliphatic rings. The van der Waals surface area contributed by atoms with Crippen molar-refractivity contribution in [2.45, 2.75) is 50.9 Å². The average Bonchev–Trinajstić information content (AvgIpc) is 3.79. The van der Waals surface area contributed by atoms with Gasteiger partial charge in [0.2, 0.25) is 17.7 Å². The predicted octanol–water partition coefficient (Wildman–Crippen LogP) is 5.15. The Kier molecular flexibility index (Phi) is 10.9. The predicted molar refractivity (Wildman–Crippen MR) is 204 cm³/mol. The normalized spacial score (nSPS) is 16.9. The third-order valence-corrected chi connectivity index (χ3v) is 10.5. The summed E-state index contributed by atoms with van der Waals surface area (Å²) in [5, 5.41) is 13.4. The zero-order valence-electron chi connectivity index (χ0n) is 29.3. The van der Waals surface area contributed by atoms with Crippen LogP contribution in [0, 0.1) is 0 Å². The van der Waals surface area contributed by atoms with Gasteiger partial charge in [-0.15, -0.1) is 0 Å². The number of hydrogen-bond donors (Lipinski definition) is 4. The molecule has 12 nitrogen and oxygen atoms in total. The lowest BCUT2D eigenvalue weighted by molar-refractivity contribution is -0.120. The lowest BCUT2D eigenvalue weighted by Gasteiger charge is -2.17. The van der Waals surface area contributed by atoms with Crippen LogP contribution < -0.4 is 36.3 Å². The van der Waals surface area contributed by atoms with E-state index in [1.54, 1.807) is 26.6 Å². The van der Waals surface area contributed by atoms with Crippen molar-refractivity contribution in [3.63, 3.8) is 0 Å². The minimum atomic E-state index is -0.173. The number of aromatic nitrogens is 3. The van der Waals surface area contributed by atoms with E-state index in [-0.39, 0.29) is 29.5 Å². The summed E-state index contributed by atoms with van der Waals surface area (Å²) < 4.78 is 12.9. The van der Waals surface area contributed by atoms with Crippen molar-refractivity contribution in [1.29, 1.82) is 0 Å². The number of amides is 2. The van der Waals surface area contributed by atoms with Gasteiger partial charge in [0.15, 0.2) is 0 Å². The molecule has 2 atom stereocenters. The largest absolute Gasteiger partial charge is 0.497 e. The van der Waals surface area contributed by atoms with Gasteiger partial charge >= 0.3 is 0 Å². The summed E-state index contributed by atoms with van der Waals surface area (Å²) in [7, 11) is 3.16. The van der Waals surface area contributed by atoms with E-state index < -0.39 is 0 Å². The topological polar surface area (TPSA) is 148 Å². The number of ether oxygens (including phenoxy) is 2. The first-order chi connectivity index (χ1) is 25.7. The van der Waals surface area contributed by atoms with Crippen LogP contribution in [0.2, 0.25) is 10.0 Å². The SMILES string of the molecule is COc1cc(-c2ccc(CNC[C@@H]3CCC(=O)N3)c(OC)n2)c(Cl)c(-c2cccc(-c3ccn4c(=O)c(CNCC5CCC(=O)N5)cnc4c3)c2Cl)c1. The molecule has 2 saturated heterocycles. The van der Waals surface area contributed by atoms with E-state index in [0.717, 1.165) is 29.5 Å². The third kappa shape index (κ3) is 7.86. The standard InChI is InChI=1S/C39H39Cl2N7O5/c1-52-27-15-30(37(41)31(16-27)32-9-6-23(38(47-32)53-2)17-42-20-25-7-10-34(49)45-25)29-5-3-4-28(36(29)40)22-12-13-48-33(14-22)44-19-24(39(48)51)18-43-21-26-8-11-35(50)46-26/h3-6,9,12-16,19,25-26,42-43H,7-8,10-11,17-18,20-21H2,1-2H3,(H,45,49)(H,46,50)/t25-,26?/m0/s1. The van der Waals surface area contributed by atoms with Crippen molar-refractivity contribution in [1.82, 2.24) is 35.6 Å². The highest BCUT2D eigenvalue weighted by Crippen LogP contribution is 2.44. The maximum atomic E-state index is 13.3. The molecule has 5 heterocycles. The van der Waals surface area contributed by atoms with Gasteiger partial charge in [-0.1, -0.05) is 47.5 Å². The van der Waals surface area contributed by atoms with E-state index in [9.17, 15) is 14.4 Å². The minimum Gasteiger partial charge on any atom is -0.497 e. The number of carbonyl (C=O) groups excluding carboxylic acids is 2. The number of hydrogen-bond acceptors (Lipinski definition) is 9. The highest BCUT2D eigenvalue weighted by Gasteiger charge is 2.23. The smallest absolute Gasteiger partial charge is 0.262 e.